The molecule has 1 heterocycles. The lowest BCUT2D eigenvalue weighted by Gasteiger charge is -2.29. The fraction of sp³-hybridized carbons (Fsp3) is 0.192. The number of amidine groups is 1. The summed E-state index contributed by atoms with van der Waals surface area (Å²) in [5.74, 6) is -0.219. The predicted octanol–water partition coefficient (Wildman–Crippen LogP) is 7.43. The Kier molecular flexibility index (Phi) is 7.60. The molecule has 11 heteroatoms. The van der Waals surface area contributed by atoms with Gasteiger partial charge < -0.3 is 4.74 Å². The summed E-state index contributed by atoms with van der Waals surface area (Å²) >= 11 is 12.1. The molecule has 3 aromatic carbocycles. The quantitative estimate of drug-likeness (QED) is 0.298. The second-order valence-electron chi connectivity index (χ2n) is 8.09. The van der Waals surface area contributed by atoms with E-state index in [4.69, 9.17) is 32.9 Å². The number of aliphatic imine (C=N–C) groups is 1. The Morgan fingerprint density at radius 1 is 1.00 bits per heavy atom. The van der Waals surface area contributed by atoms with E-state index in [1.165, 1.54) is 6.07 Å². The molecule has 37 heavy (non-hydrogen) atoms. The summed E-state index contributed by atoms with van der Waals surface area (Å²) < 4.78 is 73.8. The van der Waals surface area contributed by atoms with Crippen LogP contribution in [0.4, 0.5) is 13.2 Å². The second-order valence-corrected chi connectivity index (χ2v) is 10.7. The molecule has 0 bridgehead atoms. The SMILES string of the molecule is C=CS(=O)(=O)N1C(c2ccc(C(F)(F)F)cc2OCC)=NC(c2ccc(Cl)cc2)C1c1ccc(Cl)cc1. The Morgan fingerprint density at radius 2 is 1.57 bits per heavy atom. The first-order valence-corrected chi connectivity index (χ1v) is 13.3. The lowest BCUT2D eigenvalue weighted by Crippen LogP contribution is -2.36. The molecule has 3 aromatic rings. The third-order valence-corrected chi connectivity index (χ3v) is 7.65. The molecular weight excluding hydrogens is 548 g/mol. The van der Waals surface area contributed by atoms with Gasteiger partial charge in [0.2, 0.25) is 0 Å². The smallest absolute Gasteiger partial charge is 0.416 e. The zero-order valence-electron chi connectivity index (χ0n) is 19.4. The molecule has 0 amide bonds. The normalized spacial score (nSPS) is 18.0. The Hall–Kier alpha value is -3.01. The van der Waals surface area contributed by atoms with E-state index in [0.717, 1.165) is 21.8 Å². The molecule has 0 N–H and O–H groups in total. The van der Waals surface area contributed by atoms with Crippen LogP contribution >= 0.6 is 23.2 Å². The monoisotopic (exact) mass is 568 g/mol. The standard InChI is InChI=1S/C26H21Cl2F3N2O3S/c1-3-36-22-15-18(26(29,30)31)9-14-21(22)25-32-23(16-5-10-19(27)11-6-16)24(33(25)37(34,35)4-2)17-7-12-20(28)13-8-17/h4-15,23-24H,2-3H2,1H3. The highest BCUT2D eigenvalue weighted by Gasteiger charge is 2.45. The summed E-state index contributed by atoms with van der Waals surface area (Å²) in [4.78, 5) is 4.75. The van der Waals surface area contributed by atoms with Crippen LogP contribution in [0.15, 0.2) is 83.7 Å². The molecule has 1 aliphatic heterocycles. The van der Waals surface area contributed by atoms with E-state index in [2.05, 4.69) is 6.58 Å². The van der Waals surface area contributed by atoms with Crippen molar-refractivity contribution in [3.8, 4) is 5.75 Å². The fourth-order valence-electron chi connectivity index (χ4n) is 4.12. The molecule has 0 aromatic heterocycles. The van der Waals surface area contributed by atoms with E-state index < -0.39 is 33.8 Å². The van der Waals surface area contributed by atoms with E-state index in [1.54, 1.807) is 55.5 Å². The van der Waals surface area contributed by atoms with Crippen LogP contribution in [0.25, 0.3) is 0 Å². The van der Waals surface area contributed by atoms with E-state index in [-0.39, 0.29) is 23.8 Å². The average molecular weight is 569 g/mol. The summed E-state index contributed by atoms with van der Waals surface area (Å²) in [6.07, 6.45) is -4.62. The minimum atomic E-state index is -4.62. The first-order chi connectivity index (χ1) is 17.5. The van der Waals surface area contributed by atoms with Crippen LogP contribution in [-0.4, -0.2) is 25.2 Å². The molecule has 0 spiro atoms. The van der Waals surface area contributed by atoms with Gasteiger partial charge in [-0.15, -0.1) is 0 Å². The van der Waals surface area contributed by atoms with Crippen LogP contribution in [-0.2, 0) is 16.2 Å². The molecule has 1 aliphatic rings. The zero-order valence-corrected chi connectivity index (χ0v) is 21.7. The van der Waals surface area contributed by atoms with E-state index in [9.17, 15) is 21.6 Å². The molecule has 4 rings (SSSR count). The number of ether oxygens (including phenoxy) is 1. The van der Waals surface area contributed by atoms with Crippen molar-refractivity contribution in [2.75, 3.05) is 6.61 Å². The van der Waals surface area contributed by atoms with Gasteiger partial charge in [0.1, 0.15) is 17.6 Å². The summed E-state index contributed by atoms with van der Waals surface area (Å²) in [6.45, 7) is 5.13. The third-order valence-electron chi connectivity index (χ3n) is 5.78. The summed E-state index contributed by atoms with van der Waals surface area (Å²) in [5.41, 5.74) is 0.377. The number of halogens is 5. The van der Waals surface area contributed by atoms with Gasteiger partial charge in [-0.3, -0.25) is 4.99 Å². The Balaban J connectivity index is 1.99. The highest BCUT2D eigenvalue weighted by Crippen LogP contribution is 2.47. The topological polar surface area (TPSA) is 59.0 Å². The maximum absolute atomic E-state index is 13.4. The molecular formula is C26H21Cl2F3N2O3S. The van der Waals surface area contributed by atoms with Gasteiger partial charge in [0.05, 0.1) is 23.8 Å². The zero-order chi connectivity index (χ0) is 27.0. The van der Waals surface area contributed by atoms with Crippen LogP contribution < -0.4 is 4.74 Å². The lowest BCUT2D eigenvalue weighted by molar-refractivity contribution is -0.137. The molecule has 0 saturated heterocycles. The third kappa shape index (κ3) is 5.49. The predicted molar refractivity (Wildman–Crippen MR) is 138 cm³/mol. The average Bonchev–Trinajstić information content (AvgIpc) is 3.26. The van der Waals surface area contributed by atoms with Gasteiger partial charge in [-0.05, 0) is 60.5 Å². The van der Waals surface area contributed by atoms with Gasteiger partial charge in [-0.1, -0.05) is 54.0 Å². The van der Waals surface area contributed by atoms with Crippen LogP contribution in [0.1, 0.15) is 41.3 Å². The van der Waals surface area contributed by atoms with Crippen LogP contribution in [0, 0.1) is 0 Å². The minimum Gasteiger partial charge on any atom is -0.493 e. The highest BCUT2D eigenvalue weighted by atomic mass is 35.5. The molecule has 2 unspecified atom stereocenters. The number of alkyl halides is 3. The maximum Gasteiger partial charge on any atom is 0.416 e. The molecule has 5 nitrogen and oxygen atoms in total. The number of nitrogens with zero attached hydrogens (tertiary/aromatic N) is 2. The van der Waals surface area contributed by atoms with Gasteiger partial charge in [0.25, 0.3) is 10.0 Å². The van der Waals surface area contributed by atoms with Crippen molar-refractivity contribution in [1.29, 1.82) is 0 Å². The molecule has 0 aliphatic carbocycles. The summed E-state index contributed by atoms with van der Waals surface area (Å²) in [5, 5.41) is 1.71. The van der Waals surface area contributed by atoms with Crippen LogP contribution in [0.3, 0.4) is 0 Å². The fourth-order valence-corrected chi connectivity index (χ4v) is 5.47. The highest BCUT2D eigenvalue weighted by molar-refractivity contribution is 7.92. The largest absolute Gasteiger partial charge is 0.493 e. The lowest BCUT2D eigenvalue weighted by atomic mass is 9.95. The molecule has 0 radical (unpaired) electrons. The Bertz CT molecular complexity index is 1440. The van der Waals surface area contributed by atoms with Gasteiger partial charge in [-0.25, -0.2) is 12.7 Å². The number of sulfonamides is 1. The maximum atomic E-state index is 13.4. The van der Waals surface area contributed by atoms with E-state index in [1.807, 2.05) is 0 Å². The van der Waals surface area contributed by atoms with Gasteiger partial charge in [0.15, 0.2) is 0 Å². The first-order valence-electron chi connectivity index (χ1n) is 11.1. The molecule has 0 fully saturated rings. The second kappa shape index (κ2) is 10.4. The van der Waals surface area contributed by atoms with Crippen molar-refractivity contribution in [1.82, 2.24) is 4.31 Å². The minimum absolute atomic E-state index is 0.0526. The number of hydrogen-bond donors (Lipinski definition) is 0. The van der Waals surface area contributed by atoms with Crippen molar-refractivity contribution >= 4 is 39.1 Å². The van der Waals surface area contributed by atoms with E-state index in [0.29, 0.717) is 21.2 Å². The van der Waals surface area contributed by atoms with Gasteiger partial charge >= 0.3 is 6.18 Å². The van der Waals surface area contributed by atoms with Crippen molar-refractivity contribution in [2.45, 2.75) is 25.2 Å². The van der Waals surface area contributed by atoms with Crippen molar-refractivity contribution in [3.63, 3.8) is 0 Å². The van der Waals surface area contributed by atoms with Gasteiger partial charge in [-0.2, -0.15) is 13.2 Å². The molecule has 2 atom stereocenters. The Morgan fingerprint density at radius 3 is 2.08 bits per heavy atom. The van der Waals surface area contributed by atoms with Crippen molar-refractivity contribution in [2.24, 2.45) is 4.99 Å². The van der Waals surface area contributed by atoms with Gasteiger partial charge in [0, 0.05) is 15.5 Å². The number of hydrogen-bond acceptors (Lipinski definition) is 4. The Labute approximate surface area is 222 Å². The molecule has 0 saturated carbocycles. The van der Waals surface area contributed by atoms with E-state index >= 15 is 0 Å². The number of rotatable bonds is 7. The summed E-state index contributed by atoms with van der Waals surface area (Å²) in [7, 11) is -4.19. The van der Waals surface area contributed by atoms with Crippen molar-refractivity contribution in [3.05, 3.63) is 111 Å². The first kappa shape index (κ1) is 27.0. The molecule has 194 valence electrons. The van der Waals surface area contributed by atoms with Crippen molar-refractivity contribution < 1.29 is 26.3 Å². The van der Waals surface area contributed by atoms with Crippen LogP contribution in [0.2, 0.25) is 10.0 Å². The van der Waals surface area contributed by atoms with Crippen LogP contribution in [0.5, 0.6) is 5.75 Å². The summed E-state index contributed by atoms with van der Waals surface area (Å²) in [6, 6.07) is 14.6. The number of benzene rings is 3.